The summed E-state index contributed by atoms with van der Waals surface area (Å²) in [6.45, 7) is 2.28. The first kappa shape index (κ1) is 11.2. The average molecular weight is 263 g/mol. The van der Waals surface area contributed by atoms with E-state index in [1.807, 2.05) is 6.92 Å². The quantitative estimate of drug-likeness (QED) is 0.878. The minimum absolute atomic E-state index is 0.148. The molecule has 0 aromatic carbocycles. The van der Waals surface area contributed by atoms with E-state index >= 15 is 0 Å². The van der Waals surface area contributed by atoms with Gasteiger partial charge >= 0.3 is 0 Å². The van der Waals surface area contributed by atoms with Crippen molar-refractivity contribution in [2.75, 3.05) is 13.7 Å². The van der Waals surface area contributed by atoms with Gasteiger partial charge in [0, 0.05) is 7.11 Å². The molecule has 78 valence electrons. The second kappa shape index (κ2) is 5.11. The lowest BCUT2D eigenvalue weighted by atomic mass is 10.4. The number of nitrogens with zero attached hydrogens (tertiary/aromatic N) is 1. The molecule has 0 aliphatic carbocycles. The second-order valence-corrected chi connectivity index (χ2v) is 3.53. The van der Waals surface area contributed by atoms with Crippen molar-refractivity contribution in [3.05, 3.63) is 21.2 Å². The van der Waals surface area contributed by atoms with Crippen LogP contribution >= 0.6 is 15.9 Å². The second-order valence-electron chi connectivity index (χ2n) is 2.73. The molecule has 0 radical (unpaired) electrons. The lowest BCUT2D eigenvalue weighted by Crippen LogP contribution is -2.20. The maximum absolute atomic E-state index is 11.1. The summed E-state index contributed by atoms with van der Waals surface area (Å²) < 4.78 is 10.5. The van der Waals surface area contributed by atoms with E-state index < -0.39 is 0 Å². The molecule has 0 saturated heterocycles. The van der Waals surface area contributed by atoms with Gasteiger partial charge in [-0.05, 0) is 22.9 Å². The van der Waals surface area contributed by atoms with Crippen LogP contribution in [0.25, 0.3) is 0 Å². The van der Waals surface area contributed by atoms with Gasteiger partial charge in [-0.25, -0.2) is 4.98 Å². The van der Waals surface area contributed by atoms with Gasteiger partial charge in [0.15, 0.2) is 0 Å². The number of rotatable bonds is 4. The maximum atomic E-state index is 11.1. The molecular weight excluding hydrogens is 252 g/mol. The average Bonchev–Trinajstić information content (AvgIpc) is 2.13. The van der Waals surface area contributed by atoms with Crippen LogP contribution in [0, 0.1) is 0 Å². The number of methoxy groups -OCH3 is 1. The summed E-state index contributed by atoms with van der Waals surface area (Å²) in [5, 5.41) is 0. The number of hydrogen-bond acceptors (Lipinski definition) is 4. The minimum atomic E-state index is -0.264. The molecule has 1 unspecified atom stereocenters. The molecule has 0 spiro atoms. The topological polar surface area (TPSA) is 64.2 Å². The van der Waals surface area contributed by atoms with Crippen molar-refractivity contribution in [1.29, 1.82) is 0 Å². The molecule has 0 amide bonds. The first-order valence-corrected chi connectivity index (χ1v) is 4.83. The maximum Gasteiger partial charge on any atom is 0.268 e. The number of H-pyrrole nitrogens is 1. The highest BCUT2D eigenvalue weighted by molar-refractivity contribution is 9.10. The zero-order chi connectivity index (χ0) is 10.6. The molecule has 1 atom stereocenters. The summed E-state index contributed by atoms with van der Waals surface area (Å²) >= 11 is 3.09. The molecule has 1 aromatic heterocycles. The van der Waals surface area contributed by atoms with E-state index in [9.17, 15) is 4.79 Å². The first-order chi connectivity index (χ1) is 6.65. The number of ether oxygens (including phenoxy) is 2. The van der Waals surface area contributed by atoms with Gasteiger partial charge in [-0.3, -0.25) is 4.79 Å². The molecule has 5 nitrogen and oxygen atoms in total. The monoisotopic (exact) mass is 262 g/mol. The zero-order valence-corrected chi connectivity index (χ0v) is 9.50. The minimum Gasteiger partial charge on any atom is -0.471 e. The molecule has 0 saturated carbocycles. The molecule has 1 aromatic rings. The third-order valence-electron chi connectivity index (χ3n) is 1.48. The Labute approximate surface area is 89.6 Å². The summed E-state index contributed by atoms with van der Waals surface area (Å²) in [6.07, 6.45) is 1.15. The van der Waals surface area contributed by atoms with Gasteiger partial charge in [-0.15, -0.1) is 0 Å². The van der Waals surface area contributed by atoms with Gasteiger partial charge in [0.1, 0.15) is 10.6 Å². The Kier molecular flexibility index (Phi) is 4.09. The fourth-order valence-corrected chi connectivity index (χ4v) is 1.22. The molecule has 0 fully saturated rings. The van der Waals surface area contributed by atoms with Crippen molar-refractivity contribution >= 4 is 15.9 Å². The number of nitrogens with one attached hydrogen (secondary N) is 1. The molecular formula is C8H11BrN2O3. The van der Waals surface area contributed by atoms with Crippen LogP contribution < -0.4 is 10.3 Å². The van der Waals surface area contributed by atoms with E-state index in [0.717, 1.165) is 0 Å². The molecule has 0 aliphatic rings. The Morgan fingerprint density at radius 2 is 2.43 bits per heavy atom. The highest BCUT2D eigenvalue weighted by atomic mass is 79.9. The third-order valence-corrected chi connectivity index (χ3v) is 2.18. The highest BCUT2D eigenvalue weighted by Crippen LogP contribution is 2.17. The predicted molar refractivity (Wildman–Crippen MR) is 54.5 cm³/mol. The Hall–Kier alpha value is -0.880. The third kappa shape index (κ3) is 2.81. The van der Waals surface area contributed by atoms with E-state index in [0.29, 0.717) is 11.1 Å². The van der Waals surface area contributed by atoms with Crippen LogP contribution in [-0.4, -0.2) is 29.8 Å². The van der Waals surface area contributed by atoms with E-state index in [4.69, 9.17) is 9.47 Å². The predicted octanol–water partition coefficient (Wildman–Crippen LogP) is 0.946. The van der Waals surface area contributed by atoms with Crippen LogP contribution in [-0.2, 0) is 4.74 Å². The van der Waals surface area contributed by atoms with Crippen molar-refractivity contribution in [3.63, 3.8) is 0 Å². The van der Waals surface area contributed by atoms with Crippen LogP contribution in [0.5, 0.6) is 5.88 Å². The van der Waals surface area contributed by atoms with Crippen molar-refractivity contribution < 1.29 is 9.47 Å². The number of aromatic nitrogens is 2. The smallest absolute Gasteiger partial charge is 0.268 e. The van der Waals surface area contributed by atoms with E-state index in [1.54, 1.807) is 7.11 Å². The van der Waals surface area contributed by atoms with Crippen molar-refractivity contribution in [2.45, 2.75) is 13.0 Å². The Morgan fingerprint density at radius 3 is 3.07 bits per heavy atom. The zero-order valence-electron chi connectivity index (χ0n) is 7.91. The van der Waals surface area contributed by atoms with Crippen molar-refractivity contribution in [2.24, 2.45) is 0 Å². The first-order valence-electron chi connectivity index (χ1n) is 4.04. The van der Waals surface area contributed by atoms with E-state index in [1.165, 1.54) is 6.33 Å². The van der Waals surface area contributed by atoms with Crippen LogP contribution in [0.15, 0.2) is 15.6 Å². The van der Waals surface area contributed by atoms with Gasteiger partial charge in [0.05, 0.1) is 12.9 Å². The van der Waals surface area contributed by atoms with Gasteiger partial charge in [-0.2, -0.15) is 0 Å². The molecule has 0 aliphatic heterocycles. The van der Waals surface area contributed by atoms with Crippen LogP contribution in [0.1, 0.15) is 6.92 Å². The molecule has 6 heteroatoms. The summed E-state index contributed by atoms with van der Waals surface area (Å²) in [5.74, 6) is 0.276. The van der Waals surface area contributed by atoms with Crippen molar-refractivity contribution in [1.82, 2.24) is 9.97 Å². The lowest BCUT2D eigenvalue weighted by Gasteiger charge is -2.12. The molecule has 1 N–H and O–H groups in total. The standard InChI is InChI=1S/C8H11BrN2O3/c1-5(3-13-2)14-8-6(9)7(12)10-4-11-8/h4-5H,3H2,1-2H3,(H,10,11,12). The van der Waals surface area contributed by atoms with E-state index in [2.05, 4.69) is 25.9 Å². The molecule has 0 bridgehead atoms. The Bertz CT molecular complexity index is 353. The normalized spacial score (nSPS) is 12.5. The lowest BCUT2D eigenvalue weighted by molar-refractivity contribution is 0.0882. The summed E-state index contributed by atoms with van der Waals surface area (Å²) in [4.78, 5) is 17.4. The number of hydrogen-bond donors (Lipinski definition) is 1. The van der Waals surface area contributed by atoms with Gasteiger partial charge in [-0.1, -0.05) is 0 Å². The SMILES string of the molecule is COCC(C)Oc1nc[nH]c(=O)c1Br. The summed E-state index contributed by atoms with van der Waals surface area (Å²) in [5.41, 5.74) is -0.264. The molecule has 14 heavy (non-hydrogen) atoms. The van der Waals surface area contributed by atoms with Crippen LogP contribution in [0.4, 0.5) is 0 Å². The molecule has 1 rings (SSSR count). The highest BCUT2D eigenvalue weighted by Gasteiger charge is 2.10. The Morgan fingerprint density at radius 1 is 1.71 bits per heavy atom. The van der Waals surface area contributed by atoms with Gasteiger partial charge in [0.25, 0.3) is 5.56 Å². The van der Waals surface area contributed by atoms with Crippen molar-refractivity contribution in [3.8, 4) is 5.88 Å². The van der Waals surface area contributed by atoms with Crippen LogP contribution in [0.3, 0.4) is 0 Å². The van der Waals surface area contributed by atoms with Gasteiger partial charge in [0.2, 0.25) is 5.88 Å². The Balaban J connectivity index is 2.76. The summed E-state index contributed by atoms with van der Waals surface area (Å²) in [6, 6.07) is 0. The van der Waals surface area contributed by atoms with E-state index in [-0.39, 0.29) is 17.5 Å². The largest absolute Gasteiger partial charge is 0.471 e. The molecule has 1 heterocycles. The fraction of sp³-hybridized carbons (Fsp3) is 0.500. The summed E-state index contributed by atoms with van der Waals surface area (Å²) in [7, 11) is 1.58. The van der Waals surface area contributed by atoms with Crippen LogP contribution in [0.2, 0.25) is 0 Å². The fourth-order valence-electron chi connectivity index (χ4n) is 0.908. The number of halogens is 1. The van der Waals surface area contributed by atoms with Gasteiger partial charge < -0.3 is 14.5 Å². The number of aromatic amines is 1.